The van der Waals surface area contributed by atoms with E-state index in [1.165, 1.54) is 0 Å². The van der Waals surface area contributed by atoms with Crippen LogP contribution in [-0.2, 0) is 9.59 Å². The maximum Gasteiger partial charge on any atom is 0.335 e. The number of carboxylic acid groups (broad SMARTS) is 1. The van der Waals surface area contributed by atoms with Gasteiger partial charge in [0.05, 0.1) is 12.1 Å². The minimum Gasteiger partial charge on any atom is -0.478 e. The van der Waals surface area contributed by atoms with Crippen molar-refractivity contribution in [3.05, 3.63) is 23.4 Å². The number of amides is 1. The predicted molar refractivity (Wildman–Crippen MR) is 90.1 cm³/mol. The minimum atomic E-state index is -0.937. The molecule has 1 unspecified atom stereocenters. The Morgan fingerprint density at radius 3 is 2.61 bits per heavy atom. The van der Waals surface area contributed by atoms with E-state index < -0.39 is 5.97 Å². The Hall–Kier alpha value is -1.86. The SMILES string of the molecule is CCN(CCN(C)C)C(=O)CNCC1=CC(C(=O)O)=CC(C)N1. The van der Waals surface area contributed by atoms with Crippen molar-refractivity contribution >= 4 is 11.9 Å². The Bertz CT molecular complexity index is 486. The fourth-order valence-corrected chi connectivity index (χ4v) is 2.31. The number of carbonyl (C=O) groups is 2. The molecule has 1 amide bonds. The molecule has 1 atom stereocenters. The van der Waals surface area contributed by atoms with Crippen LogP contribution in [0.15, 0.2) is 23.4 Å². The molecule has 23 heavy (non-hydrogen) atoms. The second-order valence-electron chi connectivity index (χ2n) is 5.91. The zero-order valence-electron chi connectivity index (χ0n) is 14.4. The van der Waals surface area contributed by atoms with E-state index in [4.69, 9.17) is 5.11 Å². The summed E-state index contributed by atoms with van der Waals surface area (Å²) in [5.74, 6) is -0.888. The normalized spacial score (nSPS) is 17.3. The molecule has 0 aromatic carbocycles. The standard InChI is InChI=1S/C16H28N4O3/c1-5-20(7-6-19(3)4)15(21)11-17-10-14-9-13(16(22)23)8-12(2)18-14/h8-9,12,17-18H,5-7,10-11H2,1-4H3,(H,22,23). The lowest BCUT2D eigenvalue weighted by Gasteiger charge is -2.24. The van der Waals surface area contributed by atoms with Gasteiger partial charge in [-0.15, -0.1) is 0 Å². The molecule has 7 heteroatoms. The maximum atomic E-state index is 12.2. The van der Waals surface area contributed by atoms with Crippen LogP contribution in [0, 0.1) is 0 Å². The Morgan fingerprint density at radius 2 is 2.04 bits per heavy atom. The molecule has 0 aromatic heterocycles. The van der Waals surface area contributed by atoms with Gasteiger partial charge in [-0.1, -0.05) is 0 Å². The second-order valence-corrected chi connectivity index (χ2v) is 5.91. The first-order valence-corrected chi connectivity index (χ1v) is 7.89. The average molecular weight is 324 g/mol. The summed E-state index contributed by atoms with van der Waals surface area (Å²) in [6.07, 6.45) is 3.26. The first-order valence-electron chi connectivity index (χ1n) is 7.89. The molecule has 7 nitrogen and oxygen atoms in total. The largest absolute Gasteiger partial charge is 0.478 e. The smallest absolute Gasteiger partial charge is 0.335 e. The van der Waals surface area contributed by atoms with Crippen molar-refractivity contribution < 1.29 is 14.7 Å². The molecule has 1 aliphatic heterocycles. The highest BCUT2D eigenvalue weighted by Gasteiger charge is 2.16. The number of hydrogen-bond acceptors (Lipinski definition) is 5. The molecule has 0 aliphatic carbocycles. The van der Waals surface area contributed by atoms with Crippen molar-refractivity contribution in [1.29, 1.82) is 0 Å². The molecule has 0 saturated carbocycles. The Labute approximate surface area is 138 Å². The van der Waals surface area contributed by atoms with Gasteiger partial charge in [-0.25, -0.2) is 4.79 Å². The van der Waals surface area contributed by atoms with Gasteiger partial charge in [0, 0.05) is 37.9 Å². The van der Waals surface area contributed by atoms with Crippen LogP contribution in [0.5, 0.6) is 0 Å². The van der Waals surface area contributed by atoms with Crippen molar-refractivity contribution in [2.75, 3.05) is 46.8 Å². The molecule has 0 radical (unpaired) electrons. The van der Waals surface area contributed by atoms with E-state index >= 15 is 0 Å². The first-order chi connectivity index (χ1) is 10.8. The van der Waals surface area contributed by atoms with Gasteiger partial charge in [0.15, 0.2) is 0 Å². The van der Waals surface area contributed by atoms with Crippen LogP contribution in [0.25, 0.3) is 0 Å². The molecule has 0 fully saturated rings. The molecular formula is C16H28N4O3. The Balaban J connectivity index is 2.45. The van der Waals surface area contributed by atoms with Crippen LogP contribution in [0.1, 0.15) is 13.8 Å². The number of carbonyl (C=O) groups excluding carboxylic acids is 1. The van der Waals surface area contributed by atoms with E-state index in [-0.39, 0.29) is 24.1 Å². The van der Waals surface area contributed by atoms with Gasteiger partial charge in [0.1, 0.15) is 0 Å². The maximum absolute atomic E-state index is 12.2. The van der Waals surface area contributed by atoms with Gasteiger partial charge in [-0.2, -0.15) is 0 Å². The van der Waals surface area contributed by atoms with E-state index in [2.05, 4.69) is 10.6 Å². The quantitative estimate of drug-likeness (QED) is 0.548. The molecule has 0 spiro atoms. The lowest BCUT2D eigenvalue weighted by molar-refractivity contribution is -0.132. The van der Waals surface area contributed by atoms with E-state index in [0.717, 1.165) is 12.2 Å². The molecular weight excluding hydrogens is 296 g/mol. The lowest BCUT2D eigenvalue weighted by Crippen LogP contribution is -2.42. The highest BCUT2D eigenvalue weighted by Crippen LogP contribution is 2.09. The predicted octanol–water partition coefficient (Wildman–Crippen LogP) is -0.127. The van der Waals surface area contributed by atoms with Gasteiger partial charge < -0.3 is 25.5 Å². The fraction of sp³-hybridized carbons (Fsp3) is 0.625. The number of nitrogens with one attached hydrogen (secondary N) is 2. The summed E-state index contributed by atoms with van der Waals surface area (Å²) in [7, 11) is 3.96. The number of likely N-dealkylation sites (N-methyl/N-ethyl adjacent to an activating group) is 2. The van der Waals surface area contributed by atoms with E-state index in [9.17, 15) is 9.59 Å². The summed E-state index contributed by atoms with van der Waals surface area (Å²) in [4.78, 5) is 27.1. The monoisotopic (exact) mass is 324 g/mol. The van der Waals surface area contributed by atoms with Crippen molar-refractivity contribution in [2.45, 2.75) is 19.9 Å². The first kappa shape index (κ1) is 19.2. The highest BCUT2D eigenvalue weighted by molar-refractivity contribution is 5.90. The average Bonchev–Trinajstić information content (AvgIpc) is 2.47. The number of aliphatic carboxylic acids is 1. The number of hydrogen-bond donors (Lipinski definition) is 3. The lowest BCUT2D eigenvalue weighted by atomic mass is 10.1. The summed E-state index contributed by atoms with van der Waals surface area (Å²) < 4.78 is 0. The number of rotatable bonds is 9. The van der Waals surface area contributed by atoms with Crippen molar-refractivity contribution in [1.82, 2.24) is 20.4 Å². The summed E-state index contributed by atoms with van der Waals surface area (Å²) in [5, 5.41) is 15.3. The van der Waals surface area contributed by atoms with Crippen LogP contribution < -0.4 is 10.6 Å². The third-order valence-corrected chi connectivity index (χ3v) is 3.56. The van der Waals surface area contributed by atoms with Crippen LogP contribution in [0.3, 0.4) is 0 Å². The van der Waals surface area contributed by atoms with Crippen molar-refractivity contribution in [3.8, 4) is 0 Å². The van der Waals surface area contributed by atoms with Crippen molar-refractivity contribution in [3.63, 3.8) is 0 Å². The summed E-state index contributed by atoms with van der Waals surface area (Å²) in [6, 6.07) is -0.0363. The topological polar surface area (TPSA) is 84.9 Å². The van der Waals surface area contributed by atoms with E-state index in [0.29, 0.717) is 19.6 Å². The molecule has 3 N–H and O–H groups in total. The molecule has 0 bridgehead atoms. The number of dihydropyridines is 1. The minimum absolute atomic E-state index is 0.0363. The Kier molecular flexibility index (Phi) is 7.77. The van der Waals surface area contributed by atoms with E-state index in [1.54, 1.807) is 17.1 Å². The van der Waals surface area contributed by atoms with Crippen molar-refractivity contribution in [2.24, 2.45) is 0 Å². The van der Waals surface area contributed by atoms with Crippen LogP contribution in [-0.4, -0.2) is 79.6 Å². The van der Waals surface area contributed by atoms with Gasteiger partial charge in [0.25, 0.3) is 0 Å². The van der Waals surface area contributed by atoms with Gasteiger partial charge in [-0.05, 0) is 40.1 Å². The third kappa shape index (κ3) is 6.83. The summed E-state index contributed by atoms with van der Waals surface area (Å²) in [6.45, 7) is 6.74. The van der Waals surface area contributed by atoms with Gasteiger partial charge in [0.2, 0.25) is 5.91 Å². The Morgan fingerprint density at radius 1 is 1.35 bits per heavy atom. The fourth-order valence-electron chi connectivity index (χ4n) is 2.31. The molecule has 1 aliphatic rings. The molecule has 130 valence electrons. The van der Waals surface area contributed by atoms with Crippen LogP contribution >= 0.6 is 0 Å². The third-order valence-electron chi connectivity index (χ3n) is 3.56. The van der Waals surface area contributed by atoms with Crippen LogP contribution in [0.4, 0.5) is 0 Å². The summed E-state index contributed by atoms with van der Waals surface area (Å²) in [5.41, 5.74) is 1.06. The van der Waals surface area contributed by atoms with Gasteiger partial charge in [-0.3, -0.25) is 4.79 Å². The highest BCUT2D eigenvalue weighted by atomic mass is 16.4. The molecule has 1 heterocycles. The second kappa shape index (κ2) is 9.32. The van der Waals surface area contributed by atoms with E-state index in [1.807, 2.05) is 32.8 Å². The number of nitrogens with zero attached hydrogens (tertiary/aromatic N) is 2. The zero-order chi connectivity index (χ0) is 17.4. The molecule has 0 aromatic rings. The van der Waals surface area contributed by atoms with Crippen LogP contribution in [0.2, 0.25) is 0 Å². The molecule has 1 rings (SSSR count). The molecule has 0 saturated heterocycles. The van der Waals surface area contributed by atoms with Gasteiger partial charge >= 0.3 is 5.97 Å². The zero-order valence-corrected chi connectivity index (χ0v) is 14.4. The number of carboxylic acids is 1. The summed E-state index contributed by atoms with van der Waals surface area (Å²) >= 11 is 0.